The number of rotatable bonds is 5. The van der Waals surface area contributed by atoms with E-state index in [-0.39, 0.29) is 11.8 Å². The lowest BCUT2D eigenvalue weighted by Crippen LogP contribution is -2.28. The molecule has 0 bridgehead atoms. The first-order valence-corrected chi connectivity index (χ1v) is 4.77. The number of aromatic amines is 1. The van der Waals surface area contributed by atoms with E-state index in [1.165, 1.54) is 0 Å². The van der Waals surface area contributed by atoms with Gasteiger partial charge in [-0.2, -0.15) is 5.10 Å². The van der Waals surface area contributed by atoms with Crippen molar-refractivity contribution in [3.8, 4) is 0 Å². The predicted molar refractivity (Wildman–Crippen MR) is 54.7 cm³/mol. The van der Waals surface area contributed by atoms with Gasteiger partial charge in [0, 0.05) is 12.7 Å². The standard InChI is InChI=1S/C9H16N4O/c1-2-3-7(4-10)9(14)13-8-5-11-12-6-8/h5-7H,2-4,10H2,1H3,(H,11,12)(H,13,14). The van der Waals surface area contributed by atoms with Gasteiger partial charge in [0.15, 0.2) is 0 Å². The molecule has 5 nitrogen and oxygen atoms in total. The van der Waals surface area contributed by atoms with Gasteiger partial charge >= 0.3 is 0 Å². The van der Waals surface area contributed by atoms with Gasteiger partial charge < -0.3 is 11.1 Å². The lowest BCUT2D eigenvalue weighted by Gasteiger charge is -2.12. The molecule has 0 aliphatic carbocycles. The van der Waals surface area contributed by atoms with Crippen molar-refractivity contribution < 1.29 is 4.79 Å². The van der Waals surface area contributed by atoms with Gasteiger partial charge in [0.05, 0.1) is 17.8 Å². The Morgan fingerprint density at radius 3 is 3.07 bits per heavy atom. The Hall–Kier alpha value is -1.36. The van der Waals surface area contributed by atoms with E-state index in [2.05, 4.69) is 15.5 Å². The summed E-state index contributed by atoms with van der Waals surface area (Å²) in [5.74, 6) is -0.134. The molecule has 1 rings (SSSR count). The van der Waals surface area contributed by atoms with Crippen LogP contribution in [0.25, 0.3) is 0 Å². The molecule has 0 saturated heterocycles. The summed E-state index contributed by atoms with van der Waals surface area (Å²) in [5, 5.41) is 9.11. The minimum absolute atomic E-state index is 0.0317. The number of anilines is 1. The molecule has 78 valence electrons. The van der Waals surface area contributed by atoms with Gasteiger partial charge in [-0.3, -0.25) is 9.89 Å². The van der Waals surface area contributed by atoms with E-state index in [1.54, 1.807) is 12.4 Å². The fourth-order valence-electron chi connectivity index (χ4n) is 1.27. The van der Waals surface area contributed by atoms with Crippen LogP contribution in [0.4, 0.5) is 5.69 Å². The monoisotopic (exact) mass is 196 g/mol. The number of carbonyl (C=O) groups excluding carboxylic acids is 1. The van der Waals surface area contributed by atoms with Crippen molar-refractivity contribution in [3.63, 3.8) is 0 Å². The number of amides is 1. The van der Waals surface area contributed by atoms with Crippen LogP contribution < -0.4 is 11.1 Å². The highest BCUT2D eigenvalue weighted by Crippen LogP contribution is 2.09. The van der Waals surface area contributed by atoms with Crippen LogP contribution in [0, 0.1) is 5.92 Å². The van der Waals surface area contributed by atoms with E-state index in [0.717, 1.165) is 12.8 Å². The van der Waals surface area contributed by atoms with Crippen LogP contribution in [-0.2, 0) is 4.79 Å². The molecule has 1 aromatic heterocycles. The predicted octanol–water partition coefficient (Wildman–Crippen LogP) is 0.723. The van der Waals surface area contributed by atoms with Crippen molar-refractivity contribution in [3.05, 3.63) is 12.4 Å². The van der Waals surface area contributed by atoms with Crippen molar-refractivity contribution in [2.24, 2.45) is 11.7 Å². The van der Waals surface area contributed by atoms with Crippen molar-refractivity contribution in [1.82, 2.24) is 10.2 Å². The number of nitrogens with zero attached hydrogens (tertiary/aromatic N) is 1. The van der Waals surface area contributed by atoms with Gasteiger partial charge in [-0.1, -0.05) is 13.3 Å². The Morgan fingerprint density at radius 1 is 1.79 bits per heavy atom. The third kappa shape index (κ3) is 2.85. The van der Waals surface area contributed by atoms with Crippen LogP contribution in [0.5, 0.6) is 0 Å². The first-order valence-electron chi connectivity index (χ1n) is 4.77. The molecule has 4 N–H and O–H groups in total. The van der Waals surface area contributed by atoms with Crippen LogP contribution in [0.1, 0.15) is 19.8 Å². The molecule has 1 aromatic rings. The maximum absolute atomic E-state index is 11.6. The fraction of sp³-hybridized carbons (Fsp3) is 0.556. The number of hydrogen-bond donors (Lipinski definition) is 3. The van der Waals surface area contributed by atoms with Crippen molar-refractivity contribution in [1.29, 1.82) is 0 Å². The highest BCUT2D eigenvalue weighted by molar-refractivity contribution is 5.92. The first kappa shape index (κ1) is 10.7. The second-order valence-corrected chi connectivity index (χ2v) is 3.20. The summed E-state index contributed by atoms with van der Waals surface area (Å²) in [6.07, 6.45) is 4.98. The molecular formula is C9H16N4O. The molecule has 5 heteroatoms. The van der Waals surface area contributed by atoms with E-state index in [4.69, 9.17) is 5.73 Å². The molecule has 0 aliphatic heterocycles. The van der Waals surface area contributed by atoms with E-state index >= 15 is 0 Å². The normalized spacial score (nSPS) is 12.4. The molecule has 0 aliphatic rings. The summed E-state index contributed by atoms with van der Waals surface area (Å²) in [5.41, 5.74) is 6.19. The van der Waals surface area contributed by atoms with Crippen molar-refractivity contribution in [2.45, 2.75) is 19.8 Å². The molecule has 0 aromatic carbocycles. The zero-order valence-corrected chi connectivity index (χ0v) is 8.29. The number of nitrogens with two attached hydrogens (primary N) is 1. The van der Waals surface area contributed by atoms with E-state index in [1.807, 2.05) is 6.92 Å². The van der Waals surface area contributed by atoms with Crippen LogP contribution in [0.15, 0.2) is 12.4 Å². The molecule has 14 heavy (non-hydrogen) atoms. The Morgan fingerprint density at radius 2 is 2.57 bits per heavy atom. The van der Waals surface area contributed by atoms with Crippen LogP contribution in [0.2, 0.25) is 0 Å². The number of aromatic nitrogens is 2. The molecule has 1 amide bonds. The van der Waals surface area contributed by atoms with Gasteiger partial charge in [0.2, 0.25) is 5.91 Å². The number of nitrogens with one attached hydrogen (secondary N) is 2. The summed E-state index contributed by atoms with van der Waals surface area (Å²) in [6, 6.07) is 0. The minimum atomic E-state index is -0.102. The third-order valence-electron chi connectivity index (χ3n) is 2.06. The third-order valence-corrected chi connectivity index (χ3v) is 2.06. The zero-order valence-electron chi connectivity index (χ0n) is 8.29. The van der Waals surface area contributed by atoms with E-state index in [0.29, 0.717) is 12.2 Å². The average Bonchev–Trinajstić information content (AvgIpc) is 2.66. The zero-order chi connectivity index (χ0) is 10.4. The summed E-state index contributed by atoms with van der Waals surface area (Å²) in [6.45, 7) is 2.42. The number of hydrogen-bond acceptors (Lipinski definition) is 3. The van der Waals surface area contributed by atoms with Crippen LogP contribution >= 0.6 is 0 Å². The fourth-order valence-corrected chi connectivity index (χ4v) is 1.27. The molecule has 0 spiro atoms. The van der Waals surface area contributed by atoms with E-state index < -0.39 is 0 Å². The highest BCUT2D eigenvalue weighted by atomic mass is 16.1. The SMILES string of the molecule is CCCC(CN)C(=O)Nc1cn[nH]c1. The van der Waals surface area contributed by atoms with E-state index in [9.17, 15) is 4.79 Å². The van der Waals surface area contributed by atoms with Crippen molar-refractivity contribution >= 4 is 11.6 Å². The lowest BCUT2D eigenvalue weighted by molar-refractivity contribution is -0.119. The molecule has 0 radical (unpaired) electrons. The summed E-state index contributed by atoms with van der Waals surface area (Å²) >= 11 is 0. The largest absolute Gasteiger partial charge is 0.330 e. The second-order valence-electron chi connectivity index (χ2n) is 3.20. The van der Waals surface area contributed by atoms with Gasteiger partial charge in [-0.25, -0.2) is 0 Å². The number of carbonyl (C=O) groups is 1. The van der Waals surface area contributed by atoms with Gasteiger partial charge in [-0.15, -0.1) is 0 Å². The van der Waals surface area contributed by atoms with Gasteiger partial charge in [0.25, 0.3) is 0 Å². The quantitative estimate of drug-likeness (QED) is 0.649. The molecule has 0 fully saturated rings. The summed E-state index contributed by atoms with van der Waals surface area (Å²) in [7, 11) is 0. The maximum Gasteiger partial charge on any atom is 0.228 e. The Balaban J connectivity index is 2.47. The summed E-state index contributed by atoms with van der Waals surface area (Å²) < 4.78 is 0. The smallest absolute Gasteiger partial charge is 0.228 e. The Kier molecular flexibility index (Phi) is 4.12. The summed E-state index contributed by atoms with van der Waals surface area (Å²) in [4.78, 5) is 11.6. The van der Waals surface area contributed by atoms with Crippen LogP contribution in [0.3, 0.4) is 0 Å². The second kappa shape index (κ2) is 5.39. The number of H-pyrrole nitrogens is 1. The minimum Gasteiger partial charge on any atom is -0.330 e. The van der Waals surface area contributed by atoms with Crippen LogP contribution in [-0.4, -0.2) is 22.6 Å². The van der Waals surface area contributed by atoms with Gasteiger partial charge in [-0.05, 0) is 6.42 Å². The molecule has 0 saturated carbocycles. The highest BCUT2D eigenvalue weighted by Gasteiger charge is 2.15. The molecule has 1 heterocycles. The van der Waals surface area contributed by atoms with Gasteiger partial charge in [0.1, 0.15) is 0 Å². The lowest BCUT2D eigenvalue weighted by atomic mass is 10.0. The average molecular weight is 196 g/mol. The Bertz CT molecular complexity index is 270. The molecular weight excluding hydrogens is 180 g/mol. The first-order chi connectivity index (χ1) is 6.77. The maximum atomic E-state index is 11.6. The van der Waals surface area contributed by atoms with Crippen molar-refractivity contribution in [2.75, 3.05) is 11.9 Å². The Labute approximate surface area is 83.1 Å². The topological polar surface area (TPSA) is 83.8 Å². The molecule has 1 unspecified atom stereocenters. The molecule has 1 atom stereocenters.